The summed E-state index contributed by atoms with van der Waals surface area (Å²) >= 11 is 0. The van der Waals surface area contributed by atoms with E-state index in [1.165, 1.54) is 11.3 Å². The molecule has 2 aromatic carbocycles. The first kappa shape index (κ1) is 19.0. The van der Waals surface area contributed by atoms with Gasteiger partial charge in [-0.25, -0.2) is 4.98 Å². The maximum atomic E-state index is 12.7. The molecule has 0 atom stereocenters. The van der Waals surface area contributed by atoms with Gasteiger partial charge >= 0.3 is 0 Å². The van der Waals surface area contributed by atoms with Gasteiger partial charge in [-0.05, 0) is 54.3 Å². The third-order valence-corrected chi connectivity index (χ3v) is 5.35. The van der Waals surface area contributed by atoms with E-state index in [2.05, 4.69) is 44.8 Å². The fourth-order valence-corrected chi connectivity index (χ4v) is 3.80. The van der Waals surface area contributed by atoms with E-state index in [0.29, 0.717) is 12.1 Å². The lowest BCUT2D eigenvalue weighted by Gasteiger charge is -2.31. The van der Waals surface area contributed by atoms with Crippen LogP contribution in [0.15, 0.2) is 66.9 Å². The Morgan fingerprint density at radius 2 is 1.97 bits per heavy atom. The third-order valence-electron chi connectivity index (χ3n) is 5.35. The lowest BCUT2D eigenvalue weighted by molar-refractivity contribution is 0.0954. The molecule has 0 spiro atoms. The minimum absolute atomic E-state index is 0.0445. The minimum Gasteiger partial charge on any atom is -0.373 e. The van der Waals surface area contributed by atoms with E-state index >= 15 is 0 Å². The predicted octanol–water partition coefficient (Wildman–Crippen LogP) is 3.97. The van der Waals surface area contributed by atoms with Crippen molar-refractivity contribution in [1.29, 1.82) is 0 Å². The highest BCUT2D eigenvalue weighted by molar-refractivity contribution is 5.95. The first-order chi connectivity index (χ1) is 14.2. The minimum atomic E-state index is -0.0445. The molecule has 1 amide bonds. The molecule has 5 heteroatoms. The number of nitrogens with one attached hydrogen (secondary N) is 2. The van der Waals surface area contributed by atoms with E-state index in [0.717, 1.165) is 42.9 Å². The number of anilines is 2. The van der Waals surface area contributed by atoms with E-state index < -0.39 is 0 Å². The van der Waals surface area contributed by atoms with E-state index in [-0.39, 0.29) is 5.91 Å². The van der Waals surface area contributed by atoms with Crippen molar-refractivity contribution < 1.29 is 4.79 Å². The largest absolute Gasteiger partial charge is 0.373 e. The van der Waals surface area contributed by atoms with Crippen LogP contribution in [0, 0.1) is 0 Å². The molecule has 0 unspecified atom stereocenters. The first-order valence-corrected chi connectivity index (χ1v) is 10.1. The number of amides is 1. The molecule has 148 valence electrons. The van der Waals surface area contributed by atoms with Gasteiger partial charge < -0.3 is 15.5 Å². The van der Waals surface area contributed by atoms with Gasteiger partial charge in [0.2, 0.25) is 0 Å². The average Bonchev–Trinajstić information content (AvgIpc) is 2.79. The molecule has 5 nitrogen and oxygen atoms in total. The van der Waals surface area contributed by atoms with Crippen LogP contribution >= 0.6 is 0 Å². The lowest BCUT2D eigenvalue weighted by Crippen LogP contribution is -2.37. The Hall–Kier alpha value is -3.34. The molecule has 1 aliphatic rings. The molecule has 4 rings (SSSR count). The molecule has 2 N–H and O–H groups in total. The number of aromatic nitrogens is 1. The molecular formula is C24H26N4O. The van der Waals surface area contributed by atoms with Crippen molar-refractivity contribution in [3.63, 3.8) is 0 Å². The number of benzene rings is 2. The van der Waals surface area contributed by atoms with E-state index in [1.807, 2.05) is 49.6 Å². The van der Waals surface area contributed by atoms with Crippen LogP contribution in [-0.2, 0) is 6.42 Å². The fourth-order valence-electron chi connectivity index (χ4n) is 3.80. The summed E-state index contributed by atoms with van der Waals surface area (Å²) in [5.41, 5.74) is 5.34. The first-order valence-electron chi connectivity index (χ1n) is 10.1. The number of hydrogen-bond donors (Lipinski definition) is 2. The Morgan fingerprint density at radius 3 is 2.79 bits per heavy atom. The number of para-hydroxylation sites is 1. The van der Waals surface area contributed by atoms with Crippen molar-refractivity contribution in [3.8, 4) is 11.1 Å². The van der Waals surface area contributed by atoms with Gasteiger partial charge in [-0.15, -0.1) is 0 Å². The summed E-state index contributed by atoms with van der Waals surface area (Å²) in [6.45, 7) is 2.48. The summed E-state index contributed by atoms with van der Waals surface area (Å²) in [5.74, 6) is 0.777. The van der Waals surface area contributed by atoms with Crippen LogP contribution in [0.3, 0.4) is 0 Å². The summed E-state index contributed by atoms with van der Waals surface area (Å²) < 4.78 is 0. The van der Waals surface area contributed by atoms with E-state index in [4.69, 9.17) is 0 Å². The van der Waals surface area contributed by atoms with Crippen LogP contribution < -0.4 is 15.5 Å². The summed E-state index contributed by atoms with van der Waals surface area (Å²) in [6.07, 6.45) is 4.11. The van der Waals surface area contributed by atoms with Crippen LogP contribution in [0.25, 0.3) is 11.1 Å². The normalized spacial score (nSPS) is 12.9. The Balaban J connectivity index is 1.38. The van der Waals surface area contributed by atoms with Gasteiger partial charge in [-0.1, -0.05) is 30.3 Å². The van der Waals surface area contributed by atoms with Crippen LogP contribution in [0.1, 0.15) is 22.3 Å². The van der Waals surface area contributed by atoms with Crippen molar-refractivity contribution in [2.75, 3.05) is 36.9 Å². The van der Waals surface area contributed by atoms with Gasteiger partial charge in [0, 0.05) is 49.7 Å². The van der Waals surface area contributed by atoms with E-state index in [1.54, 1.807) is 0 Å². The molecule has 0 fully saturated rings. The number of nitrogens with zero attached hydrogens (tertiary/aromatic N) is 2. The molecule has 1 aliphatic heterocycles. The Kier molecular flexibility index (Phi) is 5.75. The Bertz CT molecular complexity index is 984. The molecular weight excluding hydrogens is 360 g/mol. The number of rotatable bonds is 6. The molecule has 0 bridgehead atoms. The van der Waals surface area contributed by atoms with Gasteiger partial charge in [0.1, 0.15) is 5.82 Å². The zero-order valence-corrected chi connectivity index (χ0v) is 16.7. The summed E-state index contributed by atoms with van der Waals surface area (Å²) in [5, 5.41) is 6.08. The molecule has 0 aliphatic carbocycles. The number of carbonyl (C=O) groups is 1. The van der Waals surface area contributed by atoms with Crippen molar-refractivity contribution >= 4 is 17.4 Å². The standard InChI is InChI=1S/C24H26N4O/c1-25-23-12-11-21(17-27-23)19-7-4-8-20(16-19)24(29)26-13-15-28-14-5-9-18-6-2-3-10-22(18)28/h2-4,6-8,10-12,16-17H,5,9,13-15H2,1H3,(H,25,27)(H,26,29). The third kappa shape index (κ3) is 4.40. The zero-order valence-electron chi connectivity index (χ0n) is 16.7. The summed E-state index contributed by atoms with van der Waals surface area (Å²) in [6, 6.07) is 20.2. The molecule has 29 heavy (non-hydrogen) atoms. The van der Waals surface area contributed by atoms with Gasteiger partial charge in [0.15, 0.2) is 0 Å². The second kappa shape index (κ2) is 8.78. The monoisotopic (exact) mass is 386 g/mol. The van der Waals surface area contributed by atoms with E-state index in [9.17, 15) is 4.79 Å². The van der Waals surface area contributed by atoms with Crippen molar-refractivity contribution in [3.05, 3.63) is 78.0 Å². The second-order valence-corrected chi connectivity index (χ2v) is 7.24. The molecule has 0 saturated carbocycles. The maximum Gasteiger partial charge on any atom is 0.251 e. The number of pyridine rings is 1. The maximum absolute atomic E-state index is 12.7. The van der Waals surface area contributed by atoms with Crippen LogP contribution in [-0.4, -0.2) is 37.6 Å². The molecule has 1 aromatic heterocycles. The Labute approximate surface area is 171 Å². The lowest BCUT2D eigenvalue weighted by atomic mass is 10.0. The Morgan fingerprint density at radius 1 is 1.07 bits per heavy atom. The average molecular weight is 386 g/mol. The van der Waals surface area contributed by atoms with Crippen molar-refractivity contribution in [1.82, 2.24) is 10.3 Å². The van der Waals surface area contributed by atoms with Crippen molar-refractivity contribution in [2.24, 2.45) is 0 Å². The van der Waals surface area contributed by atoms with Gasteiger partial charge in [0.25, 0.3) is 5.91 Å². The molecule has 0 radical (unpaired) electrons. The summed E-state index contributed by atoms with van der Waals surface area (Å²) in [7, 11) is 1.84. The van der Waals surface area contributed by atoms with Crippen LogP contribution in [0.4, 0.5) is 11.5 Å². The SMILES string of the molecule is CNc1ccc(-c2cccc(C(=O)NCCN3CCCc4ccccc43)c2)cn1. The number of hydrogen-bond acceptors (Lipinski definition) is 4. The molecule has 3 aromatic rings. The quantitative estimate of drug-likeness (QED) is 0.673. The van der Waals surface area contributed by atoms with Gasteiger partial charge in [-0.3, -0.25) is 4.79 Å². The number of carbonyl (C=O) groups excluding carboxylic acids is 1. The molecule has 2 heterocycles. The fraction of sp³-hybridized carbons (Fsp3) is 0.250. The number of aryl methyl sites for hydroxylation is 1. The summed E-state index contributed by atoms with van der Waals surface area (Å²) in [4.78, 5) is 19.4. The molecule has 0 saturated heterocycles. The van der Waals surface area contributed by atoms with Gasteiger partial charge in [-0.2, -0.15) is 0 Å². The van der Waals surface area contributed by atoms with Crippen LogP contribution in [0.5, 0.6) is 0 Å². The smallest absolute Gasteiger partial charge is 0.251 e. The van der Waals surface area contributed by atoms with Gasteiger partial charge in [0.05, 0.1) is 0 Å². The van der Waals surface area contributed by atoms with Crippen LogP contribution in [0.2, 0.25) is 0 Å². The zero-order chi connectivity index (χ0) is 20.1. The highest BCUT2D eigenvalue weighted by Crippen LogP contribution is 2.26. The predicted molar refractivity (Wildman–Crippen MR) is 119 cm³/mol. The number of fused-ring (bicyclic) bond motifs is 1. The highest BCUT2D eigenvalue weighted by atomic mass is 16.1. The second-order valence-electron chi connectivity index (χ2n) is 7.24. The highest BCUT2D eigenvalue weighted by Gasteiger charge is 2.16. The van der Waals surface area contributed by atoms with Crippen molar-refractivity contribution in [2.45, 2.75) is 12.8 Å². The topological polar surface area (TPSA) is 57.3 Å².